The molecule has 0 saturated heterocycles. The minimum atomic E-state index is -0.307. The lowest BCUT2D eigenvalue weighted by molar-refractivity contribution is 0.0940. The first-order valence-electron chi connectivity index (χ1n) is 11.5. The van der Waals surface area contributed by atoms with Crippen molar-refractivity contribution in [2.75, 3.05) is 5.32 Å². The summed E-state index contributed by atoms with van der Waals surface area (Å²) < 4.78 is 1.83. The third-order valence-corrected chi connectivity index (χ3v) is 6.44. The molecule has 3 N–H and O–H groups in total. The zero-order valence-electron chi connectivity index (χ0n) is 19.4. The van der Waals surface area contributed by atoms with E-state index in [0.29, 0.717) is 18.5 Å². The number of nitrogens with zero attached hydrogens (tertiary/aromatic N) is 3. The first-order chi connectivity index (χ1) is 15.4. The van der Waals surface area contributed by atoms with Gasteiger partial charge in [0.05, 0.1) is 35.0 Å². The van der Waals surface area contributed by atoms with Crippen LogP contribution in [0.3, 0.4) is 0 Å². The molecular formula is C25H33N5O2. The predicted octanol–water partition coefficient (Wildman–Crippen LogP) is 4.27. The molecule has 1 amide bonds. The van der Waals surface area contributed by atoms with Crippen molar-refractivity contribution in [1.29, 1.82) is 0 Å². The van der Waals surface area contributed by atoms with Gasteiger partial charge in [-0.05, 0) is 64.5 Å². The number of aryl methyl sites for hydroxylation is 3. The van der Waals surface area contributed by atoms with Crippen LogP contribution in [0.15, 0.2) is 30.6 Å². The number of hydrogen-bond acceptors (Lipinski definition) is 5. The van der Waals surface area contributed by atoms with Gasteiger partial charge in [0.1, 0.15) is 0 Å². The third kappa shape index (κ3) is 4.48. The summed E-state index contributed by atoms with van der Waals surface area (Å²) >= 11 is 0. The highest BCUT2D eigenvalue weighted by molar-refractivity contribution is 6.06. The number of fused-ring (bicyclic) bond motifs is 1. The first kappa shape index (κ1) is 22.3. The summed E-state index contributed by atoms with van der Waals surface area (Å²) in [7, 11) is 0. The summed E-state index contributed by atoms with van der Waals surface area (Å²) in [6.45, 7) is 8.86. The SMILES string of the molecule is CCn1ncc2c(N[C@@H]3CCC[C@@H](O)C3)c(C(=O)N[C@@H](C)c3ccc(C)cc3C)cnc21. The summed E-state index contributed by atoms with van der Waals surface area (Å²) in [5, 5.41) is 22.1. The molecule has 0 radical (unpaired) electrons. The van der Waals surface area contributed by atoms with Crippen molar-refractivity contribution >= 4 is 22.6 Å². The number of carbonyl (C=O) groups excluding carboxylic acids is 1. The number of aliphatic hydroxyl groups is 1. The van der Waals surface area contributed by atoms with Crippen molar-refractivity contribution in [3.05, 3.63) is 52.8 Å². The second kappa shape index (κ2) is 9.28. The zero-order chi connectivity index (χ0) is 22.8. The number of benzene rings is 1. The molecule has 3 atom stereocenters. The average molecular weight is 436 g/mol. The van der Waals surface area contributed by atoms with Crippen molar-refractivity contribution in [1.82, 2.24) is 20.1 Å². The Bertz CT molecular complexity index is 1120. The maximum absolute atomic E-state index is 13.4. The molecule has 1 aromatic carbocycles. The van der Waals surface area contributed by atoms with Gasteiger partial charge in [-0.2, -0.15) is 5.10 Å². The Kier molecular flexibility index (Phi) is 6.46. The highest BCUT2D eigenvalue weighted by atomic mass is 16.3. The summed E-state index contributed by atoms with van der Waals surface area (Å²) in [6, 6.07) is 6.25. The van der Waals surface area contributed by atoms with Crippen molar-refractivity contribution in [3.8, 4) is 0 Å². The number of rotatable bonds is 6. The molecule has 32 heavy (non-hydrogen) atoms. The highest BCUT2D eigenvalue weighted by Crippen LogP contribution is 2.30. The molecule has 1 aliphatic rings. The van der Waals surface area contributed by atoms with Gasteiger partial charge in [-0.3, -0.25) is 4.79 Å². The van der Waals surface area contributed by atoms with E-state index < -0.39 is 0 Å². The average Bonchev–Trinajstić information content (AvgIpc) is 3.17. The van der Waals surface area contributed by atoms with Crippen molar-refractivity contribution in [3.63, 3.8) is 0 Å². The van der Waals surface area contributed by atoms with Crippen LogP contribution < -0.4 is 10.6 Å². The fourth-order valence-corrected chi connectivity index (χ4v) is 4.75. The molecule has 0 bridgehead atoms. The Hall–Kier alpha value is -2.93. The molecule has 0 aliphatic heterocycles. The lowest BCUT2D eigenvalue weighted by Crippen LogP contribution is -2.32. The van der Waals surface area contributed by atoms with Gasteiger partial charge in [0, 0.05) is 18.8 Å². The smallest absolute Gasteiger partial charge is 0.255 e. The molecular weight excluding hydrogens is 402 g/mol. The first-order valence-corrected chi connectivity index (χ1v) is 11.5. The predicted molar refractivity (Wildman–Crippen MR) is 127 cm³/mol. The van der Waals surface area contributed by atoms with Crippen molar-refractivity contribution in [2.45, 2.75) is 78.1 Å². The van der Waals surface area contributed by atoms with E-state index in [1.54, 1.807) is 12.4 Å². The van der Waals surface area contributed by atoms with Gasteiger partial charge in [0.15, 0.2) is 5.65 Å². The number of carbonyl (C=O) groups is 1. The minimum absolute atomic E-state index is 0.109. The molecule has 3 aromatic rings. The van der Waals surface area contributed by atoms with E-state index in [2.05, 4.69) is 52.8 Å². The van der Waals surface area contributed by atoms with E-state index in [1.807, 2.05) is 18.5 Å². The van der Waals surface area contributed by atoms with Crippen LogP contribution in [0, 0.1) is 13.8 Å². The van der Waals surface area contributed by atoms with Crippen LogP contribution in [-0.4, -0.2) is 37.9 Å². The molecule has 1 fully saturated rings. The molecule has 1 aliphatic carbocycles. The van der Waals surface area contributed by atoms with Crippen LogP contribution in [0.1, 0.15) is 72.6 Å². The Labute approximate surface area is 189 Å². The van der Waals surface area contributed by atoms with Gasteiger partial charge < -0.3 is 15.7 Å². The van der Waals surface area contributed by atoms with Gasteiger partial charge in [-0.1, -0.05) is 23.8 Å². The second-order valence-corrected chi connectivity index (χ2v) is 8.96. The Morgan fingerprint density at radius 1 is 1.28 bits per heavy atom. The molecule has 1 saturated carbocycles. The van der Waals surface area contributed by atoms with Crippen molar-refractivity contribution in [2.24, 2.45) is 0 Å². The molecule has 0 spiro atoms. The lowest BCUT2D eigenvalue weighted by atomic mass is 9.92. The maximum Gasteiger partial charge on any atom is 0.255 e. The molecule has 4 rings (SSSR count). The van der Waals surface area contributed by atoms with E-state index >= 15 is 0 Å². The minimum Gasteiger partial charge on any atom is -0.393 e. The molecule has 170 valence electrons. The van der Waals surface area contributed by atoms with E-state index in [-0.39, 0.29) is 24.1 Å². The van der Waals surface area contributed by atoms with Crippen LogP contribution in [0.5, 0.6) is 0 Å². The van der Waals surface area contributed by atoms with Crippen LogP contribution in [0.4, 0.5) is 5.69 Å². The molecule has 0 unspecified atom stereocenters. The van der Waals surface area contributed by atoms with E-state index in [4.69, 9.17) is 0 Å². The standard InChI is InChI=1S/C25H33N5O2/c1-5-30-24-21(14-27-30)23(29-18-7-6-8-19(31)12-18)22(13-26-24)25(32)28-17(4)20-10-9-15(2)11-16(20)3/h9-11,13-14,17-19,31H,5-8,12H2,1-4H3,(H,26,29)(H,28,32)/t17-,18+,19+/m0/s1. The lowest BCUT2D eigenvalue weighted by Gasteiger charge is -2.28. The molecule has 7 heteroatoms. The Morgan fingerprint density at radius 2 is 2.09 bits per heavy atom. The number of aromatic nitrogens is 3. The van der Waals surface area contributed by atoms with Gasteiger partial charge in [-0.25, -0.2) is 9.67 Å². The van der Waals surface area contributed by atoms with Crippen LogP contribution >= 0.6 is 0 Å². The summed E-state index contributed by atoms with van der Waals surface area (Å²) in [4.78, 5) is 17.9. The largest absolute Gasteiger partial charge is 0.393 e. The molecule has 7 nitrogen and oxygen atoms in total. The topological polar surface area (TPSA) is 92.1 Å². The Morgan fingerprint density at radius 3 is 2.81 bits per heavy atom. The Balaban J connectivity index is 1.66. The summed E-state index contributed by atoms with van der Waals surface area (Å²) in [5.74, 6) is -0.171. The summed E-state index contributed by atoms with van der Waals surface area (Å²) in [5.41, 5.74) is 5.47. The number of hydrogen-bond donors (Lipinski definition) is 3. The van der Waals surface area contributed by atoms with Gasteiger partial charge in [0.25, 0.3) is 5.91 Å². The number of anilines is 1. The van der Waals surface area contributed by atoms with E-state index in [9.17, 15) is 9.90 Å². The monoisotopic (exact) mass is 435 g/mol. The number of aliphatic hydroxyl groups excluding tert-OH is 1. The van der Waals surface area contributed by atoms with E-state index in [1.165, 1.54) is 5.56 Å². The normalized spacial score (nSPS) is 19.7. The van der Waals surface area contributed by atoms with Crippen molar-refractivity contribution < 1.29 is 9.90 Å². The highest BCUT2D eigenvalue weighted by Gasteiger charge is 2.25. The van der Waals surface area contributed by atoms with Gasteiger partial charge >= 0.3 is 0 Å². The van der Waals surface area contributed by atoms with Crippen LogP contribution in [0.25, 0.3) is 11.0 Å². The number of pyridine rings is 1. The fourth-order valence-electron chi connectivity index (χ4n) is 4.75. The number of amides is 1. The summed E-state index contributed by atoms with van der Waals surface area (Å²) in [6.07, 6.45) is 6.54. The molecule has 2 heterocycles. The quantitative estimate of drug-likeness (QED) is 0.538. The second-order valence-electron chi connectivity index (χ2n) is 8.96. The van der Waals surface area contributed by atoms with Crippen LogP contribution in [0.2, 0.25) is 0 Å². The fraction of sp³-hybridized carbons (Fsp3) is 0.480. The van der Waals surface area contributed by atoms with Crippen LogP contribution in [-0.2, 0) is 6.54 Å². The van der Waals surface area contributed by atoms with E-state index in [0.717, 1.165) is 47.1 Å². The van der Waals surface area contributed by atoms with Gasteiger partial charge in [0.2, 0.25) is 0 Å². The van der Waals surface area contributed by atoms with Gasteiger partial charge in [-0.15, -0.1) is 0 Å². The zero-order valence-corrected chi connectivity index (χ0v) is 19.4. The number of nitrogens with one attached hydrogen (secondary N) is 2. The maximum atomic E-state index is 13.4. The molecule has 2 aromatic heterocycles. The third-order valence-electron chi connectivity index (χ3n) is 6.44.